The number of pyridine rings is 1. The highest BCUT2D eigenvalue weighted by Gasteiger charge is 2.25. The van der Waals surface area contributed by atoms with Crippen LogP contribution in [0.1, 0.15) is 17.2 Å². The largest absolute Gasteiger partial charge is 0.455 e. The fourth-order valence-electron chi connectivity index (χ4n) is 2.51. The fourth-order valence-corrected chi connectivity index (χ4v) is 2.51. The number of hydrogen-bond donors (Lipinski definition) is 1. The molecule has 98 valence electrons. The van der Waals surface area contributed by atoms with Gasteiger partial charge in [-0.2, -0.15) is 0 Å². The zero-order valence-corrected chi connectivity index (χ0v) is 10.7. The third kappa shape index (κ3) is 2.19. The van der Waals surface area contributed by atoms with Crippen molar-refractivity contribution in [2.45, 2.75) is 12.3 Å². The van der Waals surface area contributed by atoms with Crippen molar-refractivity contribution in [3.8, 4) is 11.5 Å². The number of hydrogen-bond acceptors (Lipinski definition) is 3. The Morgan fingerprint density at radius 1 is 1.32 bits per heavy atom. The Hall–Kier alpha value is -1.94. The molecule has 19 heavy (non-hydrogen) atoms. The zero-order valence-electron chi connectivity index (χ0n) is 10.7. The molecule has 4 heteroatoms. The lowest BCUT2D eigenvalue weighted by Gasteiger charge is -2.14. The van der Waals surface area contributed by atoms with Gasteiger partial charge in [0.2, 0.25) is 0 Å². The number of nitrogens with zero attached hydrogens (tertiary/aromatic N) is 1. The molecule has 1 aliphatic heterocycles. The summed E-state index contributed by atoms with van der Waals surface area (Å²) in [5.41, 5.74) is 1.51. The highest BCUT2D eigenvalue weighted by atomic mass is 19.1. The van der Waals surface area contributed by atoms with E-state index in [9.17, 15) is 4.39 Å². The van der Waals surface area contributed by atoms with Crippen LogP contribution in [0.4, 0.5) is 4.39 Å². The van der Waals surface area contributed by atoms with Crippen molar-refractivity contribution in [2.75, 3.05) is 13.6 Å². The Balaban J connectivity index is 2.12. The Kier molecular flexibility index (Phi) is 3.17. The van der Waals surface area contributed by atoms with E-state index in [2.05, 4.69) is 10.3 Å². The highest BCUT2D eigenvalue weighted by Crippen LogP contribution is 2.38. The van der Waals surface area contributed by atoms with E-state index in [1.165, 1.54) is 6.07 Å². The van der Waals surface area contributed by atoms with Crippen LogP contribution >= 0.6 is 0 Å². The minimum absolute atomic E-state index is 0.111. The molecule has 2 heterocycles. The van der Waals surface area contributed by atoms with Crippen LogP contribution in [0.3, 0.4) is 0 Å². The lowest BCUT2D eigenvalue weighted by Crippen LogP contribution is -2.19. The van der Waals surface area contributed by atoms with E-state index in [1.54, 1.807) is 18.3 Å². The average molecular weight is 258 g/mol. The first-order valence-electron chi connectivity index (χ1n) is 6.34. The zero-order chi connectivity index (χ0) is 13.2. The Labute approximate surface area is 111 Å². The Morgan fingerprint density at radius 3 is 3.00 bits per heavy atom. The number of rotatable bonds is 2. The standard InChI is InChI=1S/C15H15FN2O/c1-17-9-10-8-11-12(16)4-2-5-13(11)19-14-6-3-7-18-15(10)14/h2-7,10,17H,8-9H2,1H3/t10-/m1/s1. The van der Waals surface area contributed by atoms with Gasteiger partial charge in [0.1, 0.15) is 17.3 Å². The molecule has 0 unspecified atom stereocenters. The molecule has 0 spiro atoms. The predicted molar refractivity (Wildman–Crippen MR) is 71.1 cm³/mol. The molecule has 1 aliphatic rings. The van der Waals surface area contributed by atoms with Crippen molar-refractivity contribution in [1.29, 1.82) is 0 Å². The molecule has 1 aromatic carbocycles. The monoisotopic (exact) mass is 258 g/mol. The van der Waals surface area contributed by atoms with E-state index in [0.29, 0.717) is 23.5 Å². The molecule has 2 aromatic rings. The maximum atomic E-state index is 14.0. The summed E-state index contributed by atoms with van der Waals surface area (Å²) < 4.78 is 19.8. The molecule has 1 atom stereocenters. The summed E-state index contributed by atoms with van der Waals surface area (Å²) in [5.74, 6) is 1.20. The van der Waals surface area contributed by atoms with E-state index in [0.717, 1.165) is 12.2 Å². The first-order valence-corrected chi connectivity index (χ1v) is 6.34. The van der Waals surface area contributed by atoms with E-state index in [-0.39, 0.29) is 11.7 Å². The molecule has 0 saturated carbocycles. The van der Waals surface area contributed by atoms with Gasteiger partial charge in [-0.15, -0.1) is 0 Å². The third-order valence-corrected chi connectivity index (χ3v) is 3.38. The first-order chi connectivity index (χ1) is 9.29. The number of halogens is 1. The summed E-state index contributed by atoms with van der Waals surface area (Å²) in [6.45, 7) is 0.737. The molecule has 1 N–H and O–H groups in total. The molecular formula is C15H15FN2O. The number of benzene rings is 1. The quantitative estimate of drug-likeness (QED) is 0.899. The third-order valence-electron chi connectivity index (χ3n) is 3.38. The normalized spacial score (nSPS) is 17.1. The molecule has 0 fully saturated rings. The fraction of sp³-hybridized carbons (Fsp3) is 0.267. The SMILES string of the molecule is CNC[C@H]1Cc2c(F)cccc2Oc2cccnc21. The second kappa shape index (κ2) is 4.97. The summed E-state index contributed by atoms with van der Waals surface area (Å²) in [7, 11) is 1.89. The summed E-state index contributed by atoms with van der Waals surface area (Å²) in [6, 6.07) is 8.66. The van der Waals surface area contributed by atoms with Crippen LogP contribution in [0.2, 0.25) is 0 Å². The molecule has 0 aliphatic carbocycles. The molecule has 0 saturated heterocycles. The first kappa shape index (κ1) is 12.1. The van der Waals surface area contributed by atoms with E-state index < -0.39 is 0 Å². The van der Waals surface area contributed by atoms with Crippen molar-refractivity contribution in [3.63, 3.8) is 0 Å². The van der Waals surface area contributed by atoms with Crippen molar-refractivity contribution in [3.05, 3.63) is 53.6 Å². The summed E-state index contributed by atoms with van der Waals surface area (Å²) in [6.07, 6.45) is 2.34. The number of aromatic nitrogens is 1. The van der Waals surface area contributed by atoms with Gasteiger partial charge in [0.15, 0.2) is 0 Å². The summed E-state index contributed by atoms with van der Waals surface area (Å²) >= 11 is 0. The maximum absolute atomic E-state index is 14.0. The number of ether oxygens (including phenoxy) is 1. The highest BCUT2D eigenvalue weighted by molar-refractivity contribution is 5.45. The minimum atomic E-state index is -0.216. The topological polar surface area (TPSA) is 34.1 Å². The van der Waals surface area contributed by atoms with Gasteiger partial charge in [0, 0.05) is 24.2 Å². The van der Waals surface area contributed by atoms with Gasteiger partial charge in [-0.05, 0) is 37.7 Å². The van der Waals surface area contributed by atoms with Gasteiger partial charge in [-0.3, -0.25) is 4.98 Å². The lowest BCUT2D eigenvalue weighted by atomic mass is 9.95. The van der Waals surface area contributed by atoms with Crippen molar-refractivity contribution in [2.24, 2.45) is 0 Å². The molecule has 0 amide bonds. The Morgan fingerprint density at radius 2 is 2.16 bits per heavy atom. The van der Waals surface area contributed by atoms with Crippen molar-refractivity contribution < 1.29 is 9.13 Å². The number of fused-ring (bicyclic) bond motifs is 2. The van der Waals surface area contributed by atoms with E-state index in [1.807, 2.05) is 19.2 Å². The molecule has 0 radical (unpaired) electrons. The minimum Gasteiger partial charge on any atom is -0.455 e. The smallest absolute Gasteiger partial charge is 0.149 e. The van der Waals surface area contributed by atoms with Gasteiger partial charge in [0.25, 0.3) is 0 Å². The van der Waals surface area contributed by atoms with Crippen molar-refractivity contribution in [1.82, 2.24) is 10.3 Å². The van der Waals surface area contributed by atoms with Crippen LogP contribution in [0, 0.1) is 5.82 Å². The number of nitrogens with one attached hydrogen (secondary N) is 1. The predicted octanol–water partition coefficient (Wildman–Crippen LogP) is 2.87. The van der Waals surface area contributed by atoms with Gasteiger partial charge in [-0.25, -0.2) is 4.39 Å². The van der Waals surface area contributed by atoms with Crippen LogP contribution in [0.25, 0.3) is 0 Å². The van der Waals surface area contributed by atoms with E-state index >= 15 is 0 Å². The maximum Gasteiger partial charge on any atom is 0.149 e. The molecular weight excluding hydrogens is 243 g/mol. The van der Waals surface area contributed by atoms with Crippen LogP contribution in [0.15, 0.2) is 36.5 Å². The van der Waals surface area contributed by atoms with Gasteiger partial charge in [0.05, 0.1) is 5.69 Å². The second-order valence-corrected chi connectivity index (χ2v) is 4.66. The lowest BCUT2D eigenvalue weighted by molar-refractivity contribution is 0.469. The van der Waals surface area contributed by atoms with Crippen LogP contribution < -0.4 is 10.1 Å². The summed E-state index contributed by atoms with van der Waals surface area (Å²) in [4.78, 5) is 4.40. The number of likely N-dealkylation sites (N-methyl/N-ethyl adjacent to an activating group) is 1. The van der Waals surface area contributed by atoms with E-state index in [4.69, 9.17) is 4.74 Å². The second-order valence-electron chi connectivity index (χ2n) is 4.66. The van der Waals surface area contributed by atoms with Crippen LogP contribution in [-0.4, -0.2) is 18.6 Å². The van der Waals surface area contributed by atoms with Gasteiger partial charge >= 0.3 is 0 Å². The van der Waals surface area contributed by atoms with Gasteiger partial charge in [-0.1, -0.05) is 6.07 Å². The van der Waals surface area contributed by atoms with Gasteiger partial charge < -0.3 is 10.1 Å². The molecule has 0 bridgehead atoms. The van der Waals surface area contributed by atoms with Crippen LogP contribution in [0.5, 0.6) is 11.5 Å². The van der Waals surface area contributed by atoms with Crippen molar-refractivity contribution >= 4 is 0 Å². The summed E-state index contributed by atoms with van der Waals surface area (Å²) in [5, 5.41) is 3.14. The average Bonchev–Trinajstić information content (AvgIpc) is 2.57. The molecule has 3 nitrogen and oxygen atoms in total. The van der Waals surface area contributed by atoms with Crippen LogP contribution in [-0.2, 0) is 6.42 Å². The molecule has 3 rings (SSSR count). The molecule has 1 aromatic heterocycles. The Bertz CT molecular complexity index is 600.